The maximum Gasteiger partial charge on any atom is 0.327 e. The molecule has 29 heavy (non-hydrogen) atoms. The molecule has 0 aliphatic rings. The van der Waals surface area contributed by atoms with Gasteiger partial charge in [0.15, 0.2) is 0 Å². The van der Waals surface area contributed by atoms with Crippen LogP contribution in [-0.4, -0.2) is 76.5 Å². The third-order valence-electron chi connectivity index (χ3n) is 4.42. The van der Waals surface area contributed by atoms with E-state index in [0.717, 1.165) is 0 Å². The predicted molar refractivity (Wildman–Crippen MR) is 122 cm³/mol. The van der Waals surface area contributed by atoms with E-state index in [0.29, 0.717) is 12.2 Å². The molecule has 0 aliphatic carbocycles. The van der Waals surface area contributed by atoms with Gasteiger partial charge in [0.25, 0.3) is 0 Å². The molecule has 3 amide bonds. The van der Waals surface area contributed by atoms with Crippen molar-refractivity contribution in [2.24, 2.45) is 11.7 Å². The van der Waals surface area contributed by atoms with Crippen LogP contribution in [0.3, 0.4) is 0 Å². The Kier molecular flexibility index (Phi) is 14.2. The van der Waals surface area contributed by atoms with Gasteiger partial charge in [-0.2, -0.15) is 37.0 Å². The van der Waals surface area contributed by atoms with Gasteiger partial charge in [-0.3, -0.25) is 14.4 Å². The van der Waals surface area contributed by atoms with Gasteiger partial charge in [-0.1, -0.05) is 20.3 Å². The van der Waals surface area contributed by atoms with Crippen LogP contribution in [0.15, 0.2) is 0 Å². The molecule has 0 aromatic carbocycles. The first-order chi connectivity index (χ1) is 13.6. The molecule has 0 saturated carbocycles. The van der Waals surface area contributed by atoms with E-state index in [4.69, 9.17) is 10.8 Å². The van der Waals surface area contributed by atoms with Gasteiger partial charge >= 0.3 is 5.97 Å². The zero-order chi connectivity index (χ0) is 22.6. The molecule has 0 fully saturated rings. The van der Waals surface area contributed by atoms with E-state index in [1.165, 1.54) is 11.8 Å². The number of rotatable bonds is 14. The lowest BCUT2D eigenvalue weighted by molar-refractivity contribution is -0.141. The van der Waals surface area contributed by atoms with Gasteiger partial charge in [-0.25, -0.2) is 4.79 Å². The van der Waals surface area contributed by atoms with Crippen molar-refractivity contribution in [3.63, 3.8) is 0 Å². The number of amides is 3. The van der Waals surface area contributed by atoms with Crippen LogP contribution in [0, 0.1) is 5.92 Å². The highest BCUT2D eigenvalue weighted by molar-refractivity contribution is 7.98. The average molecular weight is 469 g/mol. The fraction of sp³-hybridized carbons (Fsp3) is 0.765. The lowest BCUT2D eigenvalue weighted by Crippen LogP contribution is -2.58. The number of carboxylic acid groups (broad SMARTS) is 1. The summed E-state index contributed by atoms with van der Waals surface area (Å²) in [6, 6.07) is -3.88. The Morgan fingerprint density at radius 1 is 0.966 bits per heavy atom. The Morgan fingerprint density at radius 2 is 1.45 bits per heavy atom. The lowest BCUT2D eigenvalue weighted by atomic mass is 9.99. The van der Waals surface area contributed by atoms with Crippen molar-refractivity contribution in [1.82, 2.24) is 16.0 Å². The van der Waals surface area contributed by atoms with Gasteiger partial charge < -0.3 is 26.8 Å². The molecule has 12 heteroatoms. The van der Waals surface area contributed by atoms with Gasteiger partial charge in [0, 0.05) is 11.5 Å². The van der Waals surface area contributed by atoms with Gasteiger partial charge in [-0.15, -0.1) is 0 Å². The zero-order valence-electron chi connectivity index (χ0n) is 16.9. The summed E-state index contributed by atoms with van der Waals surface area (Å²) in [5.74, 6) is -2.50. The van der Waals surface area contributed by atoms with Crippen LogP contribution in [-0.2, 0) is 19.2 Å². The summed E-state index contributed by atoms with van der Waals surface area (Å²) in [6.07, 6.45) is 2.84. The molecule has 0 aromatic rings. The number of hydrogen-bond donors (Lipinski definition) is 7. The Hall–Kier alpha value is -1.11. The minimum atomic E-state index is -1.22. The number of aliphatic carboxylic acids is 1. The predicted octanol–water partition coefficient (Wildman–Crippen LogP) is -0.488. The van der Waals surface area contributed by atoms with Crippen molar-refractivity contribution in [3.8, 4) is 0 Å². The zero-order valence-corrected chi connectivity index (χ0v) is 19.5. The van der Waals surface area contributed by atoms with Crippen molar-refractivity contribution in [2.45, 2.75) is 50.9 Å². The van der Waals surface area contributed by atoms with Crippen LogP contribution in [0.1, 0.15) is 26.7 Å². The largest absolute Gasteiger partial charge is 0.480 e. The van der Waals surface area contributed by atoms with Crippen LogP contribution in [0.5, 0.6) is 0 Å². The first-order valence-electron chi connectivity index (χ1n) is 9.22. The summed E-state index contributed by atoms with van der Waals surface area (Å²) in [4.78, 5) is 48.5. The number of hydrogen-bond acceptors (Lipinski definition) is 8. The average Bonchev–Trinajstić information content (AvgIpc) is 2.70. The number of nitrogens with two attached hydrogens (primary N) is 1. The van der Waals surface area contributed by atoms with E-state index in [2.05, 4.69) is 41.2 Å². The standard InChI is InChI=1S/C17H32N4O5S3/c1-4-9(2)13(18)16(24)20-11(7-27)15(23)19-10(5-6-29-3)14(22)21-12(8-28)17(25)26/h9-13,27-28H,4-8,18H2,1-3H3,(H,19,23)(H,20,24)(H,21,22)(H,25,26). The summed E-state index contributed by atoms with van der Waals surface area (Å²) in [6.45, 7) is 3.74. The Balaban J connectivity index is 5.14. The molecule has 0 radical (unpaired) electrons. The number of nitrogens with one attached hydrogen (secondary N) is 3. The topological polar surface area (TPSA) is 151 Å². The van der Waals surface area contributed by atoms with Gasteiger partial charge in [0.2, 0.25) is 17.7 Å². The van der Waals surface area contributed by atoms with Crippen molar-refractivity contribution < 1.29 is 24.3 Å². The van der Waals surface area contributed by atoms with Gasteiger partial charge in [-0.05, 0) is 24.3 Å². The van der Waals surface area contributed by atoms with Crippen molar-refractivity contribution >= 4 is 60.7 Å². The number of carbonyl (C=O) groups is 4. The Bertz CT molecular complexity index is 567. The molecular weight excluding hydrogens is 436 g/mol. The van der Waals surface area contributed by atoms with Gasteiger partial charge in [0.1, 0.15) is 18.1 Å². The van der Waals surface area contributed by atoms with Crippen LogP contribution >= 0.6 is 37.0 Å². The summed E-state index contributed by atoms with van der Waals surface area (Å²) in [5.41, 5.74) is 5.89. The molecule has 0 rings (SSSR count). The van der Waals surface area contributed by atoms with E-state index in [1.54, 1.807) is 0 Å². The molecule has 0 bridgehead atoms. The highest BCUT2D eigenvalue weighted by Crippen LogP contribution is 2.07. The monoisotopic (exact) mass is 468 g/mol. The second-order valence-electron chi connectivity index (χ2n) is 6.58. The quantitative estimate of drug-likeness (QED) is 0.170. The first kappa shape index (κ1) is 27.9. The number of thioether (sulfide) groups is 1. The fourth-order valence-corrected chi connectivity index (χ4v) is 3.18. The maximum absolute atomic E-state index is 12.6. The van der Waals surface area contributed by atoms with Crippen molar-refractivity contribution in [3.05, 3.63) is 0 Å². The molecule has 0 saturated heterocycles. The first-order valence-corrected chi connectivity index (χ1v) is 11.9. The summed E-state index contributed by atoms with van der Waals surface area (Å²) in [7, 11) is 0. The normalized spacial score (nSPS) is 16.1. The molecular formula is C17H32N4O5S3. The van der Waals surface area contributed by atoms with E-state index in [-0.39, 0.29) is 23.8 Å². The van der Waals surface area contributed by atoms with Crippen LogP contribution in [0.4, 0.5) is 0 Å². The maximum atomic E-state index is 12.6. The van der Waals surface area contributed by atoms with E-state index in [9.17, 15) is 19.2 Å². The second kappa shape index (κ2) is 14.8. The summed E-state index contributed by atoms with van der Waals surface area (Å²) in [5, 5.41) is 16.6. The van der Waals surface area contributed by atoms with Gasteiger partial charge in [0.05, 0.1) is 6.04 Å². The molecule has 0 spiro atoms. The SMILES string of the molecule is CCC(C)C(N)C(=O)NC(CS)C(=O)NC(CCSC)C(=O)NC(CS)C(=O)O. The lowest BCUT2D eigenvalue weighted by Gasteiger charge is -2.25. The molecule has 6 N–H and O–H groups in total. The van der Waals surface area contributed by atoms with E-state index >= 15 is 0 Å². The van der Waals surface area contributed by atoms with Crippen LogP contribution in [0.2, 0.25) is 0 Å². The highest BCUT2D eigenvalue weighted by Gasteiger charge is 2.30. The Labute approximate surface area is 186 Å². The molecule has 5 atom stereocenters. The Morgan fingerprint density at radius 3 is 1.90 bits per heavy atom. The minimum absolute atomic E-state index is 0.00998. The van der Waals surface area contributed by atoms with E-state index < -0.39 is 47.9 Å². The minimum Gasteiger partial charge on any atom is -0.480 e. The number of carbonyl (C=O) groups excluding carboxylic acids is 3. The fourth-order valence-electron chi connectivity index (χ4n) is 2.21. The van der Waals surface area contributed by atoms with Crippen LogP contribution in [0.25, 0.3) is 0 Å². The highest BCUT2D eigenvalue weighted by atomic mass is 32.2. The molecule has 168 valence electrons. The summed E-state index contributed by atoms with van der Waals surface area (Å²) >= 11 is 9.49. The third kappa shape index (κ3) is 9.96. The smallest absolute Gasteiger partial charge is 0.327 e. The summed E-state index contributed by atoms with van der Waals surface area (Å²) < 4.78 is 0. The molecule has 0 aromatic heterocycles. The molecule has 5 unspecified atom stereocenters. The van der Waals surface area contributed by atoms with E-state index in [1.807, 2.05) is 20.1 Å². The number of carboxylic acids is 1. The molecule has 0 heterocycles. The number of thiol groups is 2. The third-order valence-corrected chi connectivity index (χ3v) is 5.79. The van der Waals surface area contributed by atoms with Crippen molar-refractivity contribution in [1.29, 1.82) is 0 Å². The van der Waals surface area contributed by atoms with Crippen molar-refractivity contribution in [2.75, 3.05) is 23.5 Å². The van der Waals surface area contributed by atoms with Crippen LogP contribution < -0.4 is 21.7 Å². The molecule has 9 nitrogen and oxygen atoms in total. The molecule has 0 aliphatic heterocycles. The second-order valence-corrected chi connectivity index (χ2v) is 8.30.